The van der Waals surface area contributed by atoms with Crippen molar-refractivity contribution in [2.45, 2.75) is 32.6 Å². The molecule has 4 N–H and O–H groups in total. The highest BCUT2D eigenvalue weighted by Gasteiger charge is 2.35. The molecular formula is C28H41N3O13. The molecule has 1 amide bonds. The zero-order valence-electron chi connectivity index (χ0n) is 24.8. The van der Waals surface area contributed by atoms with E-state index in [1.807, 2.05) is 0 Å². The molecule has 0 aromatic carbocycles. The highest BCUT2D eigenvalue weighted by atomic mass is 16.6. The Morgan fingerprint density at radius 2 is 1.07 bits per heavy atom. The molecule has 0 atom stereocenters. The highest BCUT2D eigenvalue weighted by molar-refractivity contribution is 5.82. The Morgan fingerprint density at radius 3 is 1.25 bits per heavy atom. The predicted molar refractivity (Wildman–Crippen MR) is 156 cm³/mol. The summed E-state index contributed by atoms with van der Waals surface area (Å²) >= 11 is 0. The van der Waals surface area contributed by atoms with Gasteiger partial charge in [0.2, 0.25) is 12.2 Å². The quantitative estimate of drug-likeness (QED) is 0.0461. The van der Waals surface area contributed by atoms with Crippen LogP contribution in [0.25, 0.3) is 0 Å². The van der Waals surface area contributed by atoms with Crippen LogP contribution in [-0.2, 0) is 47.7 Å². The van der Waals surface area contributed by atoms with Gasteiger partial charge in [-0.05, 0) is 19.8 Å². The molecule has 0 rings (SSSR count). The van der Waals surface area contributed by atoms with Crippen molar-refractivity contribution in [3.63, 3.8) is 0 Å². The molecule has 0 aliphatic rings. The van der Waals surface area contributed by atoms with E-state index in [-0.39, 0.29) is 19.8 Å². The molecule has 16 heteroatoms. The number of isocyanates is 2. The van der Waals surface area contributed by atoms with E-state index in [9.17, 15) is 38.7 Å². The topological polar surface area (TPSA) is 248 Å². The second-order valence-electron chi connectivity index (χ2n) is 7.75. The first-order valence-corrected chi connectivity index (χ1v) is 12.7. The van der Waals surface area contributed by atoms with Crippen LogP contribution in [0.2, 0.25) is 0 Å². The van der Waals surface area contributed by atoms with Gasteiger partial charge in [-0.1, -0.05) is 39.2 Å². The van der Waals surface area contributed by atoms with Crippen molar-refractivity contribution >= 4 is 42.1 Å². The number of primary amides is 1. The lowest BCUT2D eigenvalue weighted by Gasteiger charge is -2.29. The Bertz CT molecular complexity index is 917. The van der Waals surface area contributed by atoms with E-state index in [0.29, 0.717) is 19.7 Å². The summed E-state index contributed by atoms with van der Waals surface area (Å²) in [5.41, 5.74) is 3.26. The van der Waals surface area contributed by atoms with Crippen LogP contribution in [0.5, 0.6) is 0 Å². The normalized spacial score (nSPS) is 8.86. The zero-order valence-corrected chi connectivity index (χ0v) is 24.8. The van der Waals surface area contributed by atoms with Gasteiger partial charge in [-0.3, -0.25) is 0 Å². The molecule has 0 heterocycles. The van der Waals surface area contributed by atoms with E-state index < -0.39 is 42.0 Å². The molecule has 0 spiro atoms. The number of amides is 1. The highest BCUT2D eigenvalue weighted by Crippen LogP contribution is 2.19. The van der Waals surface area contributed by atoms with Gasteiger partial charge in [0.25, 0.3) is 0 Å². The van der Waals surface area contributed by atoms with Gasteiger partial charge in [0, 0.05) is 24.3 Å². The number of carbonyl (C=O) groups is 5. The van der Waals surface area contributed by atoms with Crippen LogP contribution in [0, 0.1) is 5.41 Å². The lowest BCUT2D eigenvalue weighted by atomic mass is 9.92. The number of aliphatic hydroxyl groups is 1. The molecule has 0 aliphatic heterocycles. The van der Waals surface area contributed by atoms with Crippen LogP contribution in [0.15, 0.2) is 60.6 Å². The fraction of sp³-hybridized carbons (Fsp3) is 0.464. The Morgan fingerprint density at radius 1 is 0.727 bits per heavy atom. The molecule has 0 unspecified atom stereocenters. The van der Waals surface area contributed by atoms with Gasteiger partial charge in [-0.15, -0.1) is 0 Å². The van der Waals surface area contributed by atoms with Crippen LogP contribution in [-0.4, -0.2) is 98.5 Å². The summed E-state index contributed by atoms with van der Waals surface area (Å²) < 4.78 is 18.7. The van der Waals surface area contributed by atoms with Gasteiger partial charge in [-0.25, -0.2) is 43.5 Å². The van der Waals surface area contributed by atoms with E-state index in [0.717, 1.165) is 50.0 Å². The number of esters is 3. The average molecular weight is 628 g/mol. The maximum atomic E-state index is 11.1. The molecular weight excluding hydrogens is 586 g/mol. The number of carbonyl (C=O) groups excluding carboxylic acids is 6. The van der Waals surface area contributed by atoms with Crippen molar-refractivity contribution in [3.05, 3.63) is 50.6 Å². The van der Waals surface area contributed by atoms with E-state index in [4.69, 9.17) is 19.3 Å². The number of carboxylic acids is 1. The fourth-order valence-corrected chi connectivity index (χ4v) is 2.08. The van der Waals surface area contributed by atoms with Crippen molar-refractivity contribution < 1.29 is 62.7 Å². The lowest BCUT2D eigenvalue weighted by Crippen LogP contribution is -2.42. The molecule has 246 valence electrons. The summed E-state index contributed by atoms with van der Waals surface area (Å²) in [6.45, 7) is 14.3. The fourth-order valence-electron chi connectivity index (χ4n) is 2.08. The number of hydrogen-bond acceptors (Lipinski definition) is 14. The number of aliphatic imine (C=N–C) groups is 2. The average Bonchev–Trinajstić information content (AvgIpc) is 3.02. The van der Waals surface area contributed by atoms with E-state index >= 15 is 0 Å². The summed E-state index contributed by atoms with van der Waals surface area (Å²) in [4.78, 5) is 78.2. The second-order valence-corrected chi connectivity index (χ2v) is 7.75. The molecule has 0 saturated carbocycles. The molecule has 16 nitrogen and oxygen atoms in total. The third kappa shape index (κ3) is 36.8. The molecule has 44 heavy (non-hydrogen) atoms. The summed E-state index contributed by atoms with van der Waals surface area (Å²) in [6.07, 6.45) is 9.74. The van der Waals surface area contributed by atoms with Gasteiger partial charge in [-0.2, -0.15) is 0 Å². The first-order valence-electron chi connectivity index (χ1n) is 12.7. The van der Waals surface area contributed by atoms with Crippen LogP contribution in [0.3, 0.4) is 0 Å². The maximum absolute atomic E-state index is 11.1. The van der Waals surface area contributed by atoms with Crippen LogP contribution < -0.4 is 5.73 Å². The van der Waals surface area contributed by atoms with Crippen LogP contribution in [0.1, 0.15) is 32.6 Å². The molecule has 0 aromatic rings. The SMILES string of the molecule is C=CC(=O)O.C=CC(=O)OCC(CO)(COC(=O)C=C)COC(=O)C=C.CCOC(N)=O.O=C=NCCCCCCN=C=O. The number of nitrogens with zero attached hydrogens (tertiary/aromatic N) is 2. The molecule has 0 bridgehead atoms. The van der Waals surface area contributed by atoms with Gasteiger partial charge >= 0.3 is 30.0 Å². The van der Waals surface area contributed by atoms with Crippen molar-refractivity contribution in [2.75, 3.05) is 46.1 Å². The van der Waals surface area contributed by atoms with Gasteiger partial charge in [0.15, 0.2) is 0 Å². The number of ether oxygens (including phenoxy) is 4. The summed E-state index contributed by atoms with van der Waals surface area (Å²) in [5.74, 6) is -3.15. The van der Waals surface area contributed by atoms with Crippen LogP contribution >= 0.6 is 0 Å². The van der Waals surface area contributed by atoms with Crippen molar-refractivity contribution in [1.29, 1.82) is 0 Å². The minimum absolute atomic E-state index is 0.330. The predicted octanol–water partition coefficient (Wildman–Crippen LogP) is 1.73. The monoisotopic (exact) mass is 627 g/mol. The number of unbranched alkanes of at least 4 members (excludes halogenated alkanes) is 3. The van der Waals surface area contributed by atoms with E-state index in [2.05, 4.69) is 46.8 Å². The largest absolute Gasteiger partial charge is 0.478 e. The Labute approximate surface area is 255 Å². The molecule has 0 saturated heterocycles. The summed E-state index contributed by atoms with van der Waals surface area (Å²) in [7, 11) is 0. The maximum Gasteiger partial charge on any atom is 0.404 e. The third-order valence-electron chi connectivity index (χ3n) is 4.28. The Kier molecular flexibility index (Phi) is 35.4. The number of rotatable bonds is 19. The molecule has 0 radical (unpaired) electrons. The molecule has 0 fully saturated rings. The van der Waals surface area contributed by atoms with Crippen molar-refractivity contribution in [1.82, 2.24) is 0 Å². The van der Waals surface area contributed by atoms with E-state index in [1.54, 1.807) is 6.92 Å². The molecule has 0 aliphatic carbocycles. The Hall–Kier alpha value is -5.17. The minimum Gasteiger partial charge on any atom is -0.478 e. The zero-order chi connectivity index (χ0) is 34.7. The third-order valence-corrected chi connectivity index (χ3v) is 4.28. The molecule has 0 aromatic heterocycles. The van der Waals surface area contributed by atoms with Crippen molar-refractivity contribution in [2.24, 2.45) is 21.1 Å². The van der Waals surface area contributed by atoms with Gasteiger partial charge in [0.1, 0.15) is 19.8 Å². The van der Waals surface area contributed by atoms with Gasteiger partial charge in [0.05, 0.1) is 31.7 Å². The summed E-state index contributed by atoms with van der Waals surface area (Å²) in [6, 6.07) is 0. The standard InChI is InChI=1S/C14H18O7.C8H12N2O2.C3H7NO2.C3H4O2/c1-4-11(16)19-8-14(7-15,9-20-12(17)5-2)10-21-13(18)6-3;11-7-9-5-3-1-2-4-6-10-8-12;1-2-6-3(4)5;1-2-3(4)5/h4-6,15H,1-3,7-10H2;1-6H2;2H2,1H3,(H2,4,5);2H,1H2,(H,4,5). The lowest BCUT2D eigenvalue weighted by molar-refractivity contribution is -0.159. The van der Waals surface area contributed by atoms with E-state index in [1.165, 1.54) is 12.2 Å². The smallest absolute Gasteiger partial charge is 0.404 e. The van der Waals surface area contributed by atoms with Crippen molar-refractivity contribution in [3.8, 4) is 0 Å². The summed E-state index contributed by atoms with van der Waals surface area (Å²) in [5, 5.41) is 17.1. The number of nitrogens with two attached hydrogens (primary N) is 1. The van der Waals surface area contributed by atoms with Gasteiger partial charge < -0.3 is 34.9 Å². The first kappa shape index (κ1) is 45.8. The minimum atomic E-state index is -1.28. The second kappa shape index (κ2) is 34.0. The number of carboxylic acid groups (broad SMARTS) is 1. The number of aliphatic carboxylic acids is 1. The number of hydrogen-bond donors (Lipinski definition) is 3. The van der Waals surface area contributed by atoms with Crippen LogP contribution in [0.4, 0.5) is 4.79 Å². The first-order chi connectivity index (χ1) is 20.9. The Balaban J connectivity index is -0.000000289. The number of aliphatic hydroxyl groups excluding tert-OH is 1.